The van der Waals surface area contributed by atoms with E-state index in [1.807, 2.05) is 0 Å². The summed E-state index contributed by atoms with van der Waals surface area (Å²) in [6, 6.07) is 49.9. The highest BCUT2D eigenvalue weighted by Gasteiger charge is 2.22. The molecule has 0 N–H and O–H groups in total. The SMILES string of the molecule is c1ccc(-c2nc3ccccc3c3c2cc(-c2ccc4ccc5cccc6ccc2c4c56)c2oc4ccccc4c23)cc1. The van der Waals surface area contributed by atoms with Crippen LogP contribution in [0.25, 0.3) is 98.3 Å². The fourth-order valence-electron chi connectivity index (χ4n) is 7.32. The molecule has 0 saturated heterocycles. The van der Waals surface area contributed by atoms with Crippen molar-refractivity contribution in [2.45, 2.75) is 0 Å². The van der Waals surface area contributed by atoms with Crippen LogP contribution in [-0.4, -0.2) is 4.98 Å². The minimum absolute atomic E-state index is 0.895. The molecule has 0 saturated carbocycles. The minimum Gasteiger partial charge on any atom is -0.455 e. The quantitative estimate of drug-likeness (QED) is 0.202. The molecule has 0 fully saturated rings. The Hall–Kier alpha value is -5.73. The summed E-state index contributed by atoms with van der Waals surface area (Å²) in [6.45, 7) is 0. The number of para-hydroxylation sites is 2. The molecule has 0 aliphatic carbocycles. The Balaban J connectivity index is 1.45. The van der Waals surface area contributed by atoms with Gasteiger partial charge in [-0.15, -0.1) is 0 Å². The molecule has 0 aliphatic rings. The summed E-state index contributed by atoms with van der Waals surface area (Å²) in [6.07, 6.45) is 0. The Labute approximate surface area is 246 Å². The van der Waals surface area contributed by atoms with E-state index in [1.54, 1.807) is 0 Å². The second-order valence-electron chi connectivity index (χ2n) is 11.5. The van der Waals surface area contributed by atoms with Gasteiger partial charge in [0.2, 0.25) is 0 Å². The summed E-state index contributed by atoms with van der Waals surface area (Å²) in [5.74, 6) is 0. The molecule has 2 heteroatoms. The monoisotopic (exact) mass is 545 g/mol. The van der Waals surface area contributed by atoms with Gasteiger partial charge in [0.05, 0.1) is 11.2 Å². The van der Waals surface area contributed by atoms with E-state index in [0.29, 0.717) is 0 Å². The van der Waals surface area contributed by atoms with Crippen LogP contribution in [-0.2, 0) is 0 Å². The zero-order valence-electron chi connectivity index (χ0n) is 23.1. The highest BCUT2D eigenvalue weighted by Crippen LogP contribution is 2.47. The minimum atomic E-state index is 0.895. The average Bonchev–Trinajstić information content (AvgIpc) is 3.46. The zero-order valence-corrected chi connectivity index (χ0v) is 23.1. The van der Waals surface area contributed by atoms with E-state index < -0.39 is 0 Å². The first-order valence-corrected chi connectivity index (χ1v) is 14.7. The van der Waals surface area contributed by atoms with Crippen molar-refractivity contribution in [3.8, 4) is 22.4 Å². The van der Waals surface area contributed by atoms with Gasteiger partial charge in [-0.05, 0) is 56.1 Å². The maximum absolute atomic E-state index is 6.81. The number of nitrogens with zero attached hydrogens (tertiary/aromatic N) is 1. The molecule has 0 radical (unpaired) electrons. The Morgan fingerprint density at radius 1 is 0.419 bits per heavy atom. The van der Waals surface area contributed by atoms with Crippen molar-refractivity contribution in [3.05, 3.63) is 140 Å². The van der Waals surface area contributed by atoms with Crippen molar-refractivity contribution in [3.63, 3.8) is 0 Å². The van der Waals surface area contributed by atoms with Crippen molar-refractivity contribution >= 4 is 75.9 Å². The standard InChI is InChI=1S/C41H23NO/c1-2-9-27(10-3-1)40-33-23-32(28-21-19-26-18-17-24-11-8-12-25-20-22-29(28)37(26)36(24)25)41-39(31-14-5-7-16-35(31)43-41)38(33)30-13-4-6-15-34(30)42-40/h1-23H. The lowest BCUT2D eigenvalue weighted by molar-refractivity contribution is 0.670. The van der Waals surface area contributed by atoms with Crippen LogP contribution >= 0.6 is 0 Å². The van der Waals surface area contributed by atoms with Crippen LogP contribution in [0.2, 0.25) is 0 Å². The molecular weight excluding hydrogens is 522 g/mol. The lowest BCUT2D eigenvalue weighted by Gasteiger charge is -2.16. The van der Waals surface area contributed by atoms with Gasteiger partial charge in [-0.25, -0.2) is 4.98 Å². The normalized spacial score (nSPS) is 12.2. The number of rotatable bonds is 2. The van der Waals surface area contributed by atoms with Crippen LogP contribution in [0.3, 0.4) is 0 Å². The molecule has 8 aromatic carbocycles. The molecule has 0 aliphatic heterocycles. The van der Waals surface area contributed by atoms with Crippen molar-refractivity contribution in [1.82, 2.24) is 4.98 Å². The molecule has 198 valence electrons. The highest BCUT2D eigenvalue weighted by molar-refractivity contribution is 6.32. The molecule has 0 unspecified atom stereocenters. The smallest absolute Gasteiger partial charge is 0.143 e. The van der Waals surface area contributed by atoms with Crippen LogP contribution in [0.15, 0.2) is 144 Å². The molecule has 2 nitrogen and oxygen atoms in total. The first-order chi connectivity index (χ1) is 21.3. The fraction of sp³-hybridized carbons (Fsp3) is 0. The Bertz CT molecular complexity index is 2700. The molecule has 0 atom stereocenters. The third kappa shape index (κ3) is 3.10. The van der Waals surface area contributed by atoms with Crippen LogP contribution < -0.4 is 0 Å². The zero-order chi connectivity index (χ0) is 28.1. The van der Waals surface area contributed by atoms with E-state index in [0.717, 1.165) is 55.0 Å². The molecule has 43 heavy (non-hydrogen) atoms. The predicted molar refractivity (Wildman–Crippen MR) is 181 cm³/mol. The van der Waals surface area contributed by atoms with Gasteiger partial charge in [0.1, 0.15) is 11.2 Å². The summed E-state index contributed by atoms with van der Waals surface area (Å²) < 4.78 is 6.81. The summed E-state index contributed by atoms with van der Waals surface area (Å²) >= 11 is 0. The molecule has 2 aromatic heterocycles. The summed E-state index contributed by atoms with van der Waals surface area (Å²) in [5, 5.41) is 13.4. The Kier molecular flexibility index (Phi) is 4.48. The Morgan fingerprint density at radius 3 is 1.98 bits per heavy atom. The van der Waals surface area contributed by atoms with E-state index >= 15 is 0 Å². The highest BCUT2D eigenvalue weighted by atomic mass is 16.3. The Morgan fingerprint density at radius 2 is 1.12 bits per heavy atom. The molecule has 10 aromatic rings. The van der Waals surface area contributed by atoms with E-state index in [1.165, 1.54) is 43.3 Å². The number of hydrogen-bond acceptors (Lipinski definition) is 2. The topological polar surface area (TPSA) is 26.0 Å². The number of aromatic nitrogens is 1. The average molecular weight is 546 g/mol. The lowest BCUT2D eigenvalue weighted by Crippen LogP contribution is -1.93. The molecular formula is C41H23NO. The summed E-state index contributed by atoms with van der Waals surface area (Å²) in [4.78, 5) is 5.28. The number of fused-ring (bicyclic) bond motifs is 7. The third-order valence-electron chi connectivity index (χ3n) is 9.17. The van der Waals surface area contributed by atoms with Crippen LogP contribution in [0.1, 0.15) is 0 Å². The molecule has 0 spiro atoms. The second kappa shape index (κ2) is 8.40. The van der Waals surface area contributed by atoms with E-state index in [9.17, 15) is 0 Å². The maximum Gasteiger partial charge on any atom is 0.143 e. The van der Waals surface area contributed by atoms with Crippen molar-refractivity contribution in [2.24, 2.45) is 0 Å². The van der Waals surface area contributed by atoms with Crippen molar-refractivity contribution in [1.29, 1.82) is 0 Å². The van der Waals surface area contributed by atoms with Gasteiger partial charge in [0.15, 0.2) is 0 Å². The van der Waals surface area contributed by atoms with Gasteiger partial charge in [-0.2, -0.15) is 0 Å². The number of furan rings is 1. The van der Waals surface area contributed by atoms with Crippen molar-refractivity contribution in [2.75, 3.05) is 0 Å². The second-order valence-corrected chi connectivity index (χ2v) is 11.5. The molecule has 0 bridgehead atoms. The first-order valence-electron chi connectivity index (χ1n) is 14.7. The van der Waals surface area contributed by atoms with Gasteiger partial charge in [0.25, 0.3) is 0 Å². The largest absolute Gasteiger partial charge is 0.455 e. The van der Waals surface area contributed by atoms with Crippen LogP contribution in [0, 0.1) is 0 Å². The molecule has 2 heterocycles. The number of hydrogen-bond donors (Lipinski definition) is 0. The van der Waals surface area contributed by atoms with Gasteiger partial charge in [-0.3, -0.25) is 0 Å². The molecule has 0 amide bonds. The lowest BCUT2D eigenvalue weighted by atomic mass is 9.87. The first kappa shape index (κ1) is 22.9. The van der Waals surface area contributed by atoms with E-state index in [-0.39, 0.29) is 0 Å². The number of pyridine rings is 1. The van der Waals surface area contributed by atoms with Gasteiger partial charge in [-0.1, -0.05) is 121 Å². The summed E-state index contributed by atoms with van der Waals surface area (Å²) in [7, 11) is 0. The fourth-order valence-corrected chi connectivity index (χ4v) is 7.32. The molecule has 10 rings (SSSR count). The van der Waals surface area contributed by atoms with Gasteiger partial charge >= 0.3 is 0 Å². The predicted octanol–water partition coefficient (Wildman–Crippen LogP) is 11.5. The van der Waals surface area contributed by atoms with Crippen LogP contribution in [0.5, 0.6) is 0 Å². The van der Waals surface area contributed by atoms with Crippen molar-refractivity contribution < 1.29 is 4.42 Å². The van der Waals surface area contributed by atoms with Gasteiger partial charge in [0, 0.05) is 38.1 Å². The van der Waals surface area contributed by atoms with Crippen LogP contribution in [0.4, 0.5) is 0 Å². The maximum atomic E-state index is 6.81. The summed E-state index contributed by atoms with van der Waals surface area (Å²) in [5.41, 5.74) is 7.14. The third-order valence-corrected chi connectivity index (χ3v) is 9.17. The van der Waals surface area contributed by atoms with E-state index in [2.05, 4.69) is 140 Å². The number of benzene rings is 8. The van der Waals surface area contributed by atoms with Gasteiger partial charge < -0.3 is 4.42 Å². The van der Waals surface area contributed by atoms with E-state index in [4.69, 9.17) is 9.40 Å².